The standard InChI is InChI=1S/C13H22N2O3/c1-16-11-7-6-9(10(15)5-4-8-14)12(17-2)13(11)18-3/h6-7,10H,4-5,8,14-15H2,1-3H3/t10-/m0/s1. The minimum atomic E-state index is -0.122. The van der Waals surface area contributed by atoms with E-state index in [9.17, 15) is 0 Å². The second kappa shape index (κ2) is 7.08. The molecule has 0 saturated heterocycles. The summed E-state index contributed by atoms with van der Waals surface area (Å²) in [6, 6.07) is 3.61. The molecule has 4 N–H and O–H groups in total. The van der Waals surface area contributed by atoms with E-state index in [1.807, 2.05) is 12.1 Å². The van der Waals surface area contributed by atoms with E-state index < -0.39 is 0 Å². The highest BCUT2D eigenvalue weighted by Crippen LogP contribution is 2.42. The zero-order valence-corrected chi connectivity index (χ0v) is 11.2. The van der Waals surface area contributed by atoms with Crippen LogP contribution in [-0.4, -0.2) is 27.9 Å². The third-order valence-corrected chi connectivity index (χ3v) is 2.85. The van der Waals surface area contributed by atoms with Gasteiger partial charge in [0.05, 0.1) is 21.3 Å². The van der Waals surface area contributed by atoms with E-state index in [2.05, 4.69) is 0 Å². The summed E-state index contributed by atoms with van der Waals surface area (Å²) in [5.41, 5.74) is 12.5. The van der Waals surface area contributed by atoms with Gasteiger partial charge >= 0.3 is 0 Å². The Kier molecular flexibility index (Phi) is 5.74. The third-order valence-electron chi connectivity index (χ3n) is 2.85. The van der Waals surface area contributed by atoms with Crippen LogP contribution in [0.2, 0.25) is 0 Å². The predicted octanol–water partition coefficient (Wildman–Crippen LogP) is 1.45. The van der Waals surface area contributed by atoms with Gasteiger partial charge in [0.25, 0.3) is 0 Å². The van der Waals surface area contributed by atoms with Gasteiger partial charge in [-0.1, -0.05) is 0 Å². The average Bonchev–Trinajstić information content (AvgIpc) is 2.42. The molecule has 1 aromatic rings. The highest BCUT2D eigenvalue weighted by atomic mass is 16.5. The monoisotopic (exact) mass is 254 g/mol. The van der Waals surface area contributed by atoms with Crippen LogP contribution in [0.3, 0.4) is 0 Å². The van der Waals surface area contributed by atoms with Gasteiger partial charge in [0.2, 0.25) is 5.75 Å². The number of methoxy groups -OCH3 is 3. The Labute approximate surface area is 108 Å². The van der Waals surface area contributed by atoms with Gasteiger partial charge in [0.15, 0.2) is 11.5 Å². The highest BCUT2D eigenvalue weighted by Gasteiger charge is 2.19. The molecule has 0 spiro atoms. The van der Waals surface area contributed by atoms with E-state index in [0.29, 0.717) is 23.8 Å². The molecule has 1 aromatic carbocycles. The summed E-state index contributed by atoms with van der Waals surface area (Å²) in [6.45, 7) is 0.628. The molecule has 0 aliphatic heterocycles. The molecule has 0 aliphatic rings. The van der Waals surface area contributed by atoms with Crippen molar-refractivity contribution in [3.05, 3.63) is 17.7 Å². The Morgan fingerprint density at radius 1 is 1.06 bits per heavy atom. The van der Waals surface area contributed by atoms with Crippen LogP contribution in [0, 0.1) is 0 Å². The van der Waals surface area contributed by atoms with Gasteiger partial charge in [-0.15, -0.1) is 0 Å². The van der Waals surface area contributed by atoms with Crippen LogP contribution in [0.25, 0.3) is 0 Å². The first-order valence-electron chi connectivity index (χ1n) is 5.94. The lowest BCUT2D eigenvalue weighted by atomic mass is 10.0. The molecule has 0 aliphatic carbocycles. The molecule has 102 valence electrons. The SMILES string of the molecule is COc1ccc([C@@H](N)CCCN)c(OC)c1OC. The molecule has 0 saturated carbocycles. The van der Waals surface area contributed by atoms with Crippen molar-refractivity contribution in [1.82, 2.24) is 0 Å². The number of nitrogens with two attached hydrogens (primary N) is 2. The van der Waals surface area contributed by atoms with Gasteiger partial charge < -0.3 is 25.7 Å². The molecule has 0 bridgehead atoms. The van der Waals surface area contributed by atoms with Crippen LogP contribution < -0.4 is 25.7 Å². The minimum Gasteiger partial charge on any atom is -0.493 e. The molecule has 0 aromatic heterocycles. The molecule has 5 heteroatoms. The van der Waals surface area contributed by atoms with E-state index in [4.69, 9.17) is 25.7 Å². The Morgan fingerprint density at radius 3 is 2.22 bits per heavy atom. The second-order valence-corrected chi connectivity index (χ2v) is 3.96. The molecule has 0 radical (unpaired) electrons. The summed E-state index contributed by atoms with van der Waals surface area (Å²) in [5.74, 6) is 1.83. The lowest BCUT2D eigenvalue weighted by Crippen LogP contribution is -2.14. The maximum atomic E-state index is 6.14. The first-order chi connectivity index (χ1) is 8.69. The Balaban J connectivity index is 3.11. The van der Waals surface area contributed by atoms with Crippen molar-refractivity contribution in [3.8, 4) is 17.2 Å². The van der Waals surface area contributed by atoms with Crippen molar-refractivity contribution in [2.45, 2.75) is 18.9 Å². The normalized spacial score (nSPS) is 12.1. The third kappa shape index (κ3) is 3.05. The van der Waals surface area contributed by atoms with Gasteiger partial charge in [-0.2, -0.15) is 0 Å². The number of hydrogen-bond acceptors (Lipinski definition) is 5. The molecule has 1 rings (SSSR count). The van der Waals surface area contributed by atoms with Gasteiger partial charge in [0, 0.05) is 11.6 Å². The molecule has 1 atom stereocenters. The minimum absolute atomic E-state index is 0.122. The Bertz CT molecular complexity index is 383. The fraction of sp³-hybridized carbons (Fsp3) is 0.538. The number of benzene rings is 1. The number of ether oxygens (including phenoxy) is 3. The summed E-state index contributed by atoms with van der Waals surface area (Å²) in [6.07, 6.45) is 1.68. The summed E-state index contributed by atoms with van der Waals surface area (Å²) < 4.78 is 15.9. The summed E-state index contributed by atoms with van der Waals surface area (Å²) in [5, 5.41) is 0. The van der Waals surface area contributed by atoms with E-state index in [-0.39, 0.29) is 6.04 Å². The average molecular weight is 254 g/mol. The van der Waals surface area contributed by atoms with Crippen molar-refractivity contribution < 1.29 is 14.2 Å². The fourth-order valence-corrected chi connectivity index (χ4v) is 1.91. The zero-order valence-electron chi connectivity index (χ0n) is 11.2. The van der Waals surface area contributed by atoms with E-state index >= 15 is 0 Å². The van der Waals surface area contributed by atoms with Gasteiger partial charge in [-0.05, 0) is 31.5 Å². The molecular formula is C13H22N2O3. The maximum absolute atomic E-state index is 6.14. The maximum Gasteiger partial charge on any atom is 0.203 e. The molecule has 5 nitrogen and oxygen atoms in total. The summed E-state index contributed by atoms with van der Waals surface area (Å²) in [7, 11) is 4.76. The molecule has 0 fully saturated rings. The van der Waals surface area contributed by atoms with Crippen LogP contribution in [0.15, 0.2) is 12.1 Å². The quantitative estimate of drug-likeness (QED) is 0.770. The van der Waals surface area contributed by atoms with Crippen LogP contribution in [0.5, 0.6) is 17.2 Å². The van der Waals surface area contributed by atoms with Crippen molar-refractivity contribution in [2.24, 2.45) is 11.5 Å². The van der Waals surface area contributed by atoms with Gasteiger partial charge in [-0.3, -0.25) is 0 Å². The van der Waals surface area contributed by atoms with Crippen LogP contribution in [0.4, 0.5) is 0 Å². The van der Waals surface area contributed by atoms with Crippen LogP contribution in [-0.2, 0) is 0 Å². The smallest absolute Gasteiger partial charge is 0.203 e. The van der Waals surface area contributed by atoms with E-state index in [0.717, 1.165) is 18.4 Å². The Hall–Kier alpha value is -1.46. The van der Waals surface area contributed by atoms with Crippen LogP contribution in [0.1, 0.15) is 24.4 Å². The number of rotatable bonds is 7. The molecular weight excluding hydrogens is 232 g/mol. The summed E-state index contributed by atoms with van der Waals surface area (Å²) >= 11 is 0. The van der Waals surface area contributed by atoms with E-state index in [1.54, 1.807) is 21.3 Å². The predicted molar refractivity (Wildman–Crippen MR) is 71.3 cm³/mol. The first-order valence-corrected chi connectivity index (χ1v) is 5.94. The van der Waals surface area contributed by atoms with Crippen molar-refractivity contribution in [2.75, 3.05) is 27.9 Å². The van der Waals surface area contributed by atoms with Crippen molar-refractivity contribution >= 4 is 0 Å². The summed E-state index contributed by atoms with van der Waals surface area (Å²) in [4.78, 5) is 0. The lowest BCUT2D eigenvalue weighted by Gasteiger charge is -2.19. The fourth-order valence-electron chi connectivity index (χ4n) is 1.91. The molecule has 0 amide bonds. The van der Waals surface area contributed by atoms with Gasteiger partial charge in [0.1, 0.15) is 0 Å². The largest absolute Gasteiger partial charge is 0.493 e. The second-order valence-electron chi connectivity index (χ2n) is 3.96. The van der Waals surface area contributed by atoms with Crippen molar-refractivity contribution in [3.63, 3.8) is 0 Å². The highest BCUT2D eigenvalue weighted by molar-refractivity contribution is 5.56. The molecule has 0 heterocycles. The zero-order chi connectivity index (χ0) is 13.5. The first kappa shape index (κ1) is 14.6. The number of hydrogen-bond donors (Lipinski definition) is 2. The molecule has 18 heavy (non-hydrogen) atoms. The van der Waals surface area contributed by atoms with Crippen LogP contribution >= 0.6 is 0 Å². The Morgan fingerprint density at radius 2 is 1.72 bits per heavy atom. The van der Waals surface area contributed by atoms with E-state index in [1.165, 1.54) is 0 Å². The molecule has 0 unspecified atom stereocenters. The lowest BCUT2D eigenvalue weighted by molar-refractivity contribution is 0.320. The van der Waals surface area contributed by atoms with Crippen molar-refractivity contribution in [1.29, 1.82) is 0 Å². The topological polar surface area (TPSA) is 79.7 Å². The van der Waals surface area contributed by atoms with Gasteiger partial charge in [-0.25, -0.2) is 0 Å².